The quantitative estimate of drug-likeness (QED) is 0.451. The van der Waals surface area contributed by atoms with Crippen molar-refractivity contribution in [1.82, 2.24) is 15.5 Å². The van der Waals surface area contributed by atoms with Crippen molar-refractivity contribution in [1.29, 1.82) is 0 Å². The van der Waals surface area contributed by atoms with Crippen LogP contribution in [0.5, 0.6) is 0 Å². The SMILES string of the molecule is CCC(C)C(N)C(=O)NC(C)C(=O)N1CCCC1C(=O)NC(C)C(=O)O. The van der Waals surface area contributed by atoms with E-state index in [1.807, 2.05) is 13.8 Å². The van der Waals surface area contributed by atoms with E-state index in [0.29, 0.717) is 19.4 Å². The van der Waals surface area contributed by atoms with Gasteiger partial charge in [0.25, 0.3) is 0 Å². The third kappa shape index (κ3) is 5.42. The van der Waals surface area contributed by atoms with Gasteiger partial charge in [-0.15, -0.1) is 0 Å². The van der Waals surface area contributed by atoms with Crippen molar-refractivity contribution in [3.63, 3.8) is 0 Å². The van der Waals surface area contributed by atoms with Crippen molar-refractivity contribution in [3.05, 3.63) is 0 Å². The first-order valence-electron chi connectivity index (χ1n) is 8.99. The number of nitrogens with zero attached hydrogens (tertiary/aromatic N) is 1. The highest BCUT2D eigenvalue weighted by atomic mass is 16.4. The van der Waals surface area contributed by atoms with Gasteiger partial charge in [0.1, 0.15) is 18.1 Å². The molecular formula is C17H30N4O5. The van der Waals surface area contributed by atoms with Crippen LogP contribution in [0.1, 0.15) is 47.0 Å². The Kier molecular flexibility index (Phi) is 8.01. The predicted octanol–water partition coefficient (Wildman–Crippen LogP) is -0.555. The number of hydrogen-bond acceptors (Lipinski definition) is 5. The highest BCUT2D eigenvalue weighted by molar-refractivity contribution is 5.94. The van der Waals surface area contributed by atoms with Crippen LogP contribution in [-0.2, 0) is 19.2 Å². The summed E-state index contributed by atoms with van der Waals surface area (Å²) in [6.45, 7) is 7.09. The summed E-state index contributed by atoms with van der Waals surface area (Å²) in [4.78, 5) is 49.4. The molecule has 1 heterocycles. The topological polar surface area (TPSA) is 142 Å². The molecule has 0 aromatic heterocycles. The Labute approximate surface area is 153 Å². The summed E-state index contributed by atoms with van der Waals surface area (Å²) < 4.78 is 0. The van der Waals surface area contributed by atoms with Gasteiger partial charge in [0.2, 0.25) is 17.7 Å². The molecule has 148 valence electrons. The molecule has 0 aromatic rings. The Bertz CT molecular complexity index is 553. The van der Waals surface area contributed by atoms with Crippen molar-refractivity contribution in [2.24, 2.45) is 11.7 Å². The maximum atomic E-state index is 12.7. The Morgan fingerprint density at radius 2 is 1.77 bits per heavy atom. The lowest BCUT2D eigenvalue weighted by Gasteiger charge is -2.28. The number of carboxylic acid groups (broad SMARTS) is 1. The van der Waals surface area contributed by atoms with Crippen molar-refractivity contribution in [3.8, 4) is 0 Å². The van der Waals surface area contributed by atoms with E-state index in [1.165, 1.54) is 11.8 Å². The minimum absolute atomic E-state index is 0.0138. The van der Waals surface area contributed by atoms with Crippen molar-refractivity contribution >= 4 is 23.7 Å². The summed E-state index contributed by atoms with van der Waals surface area (Å²) >= 11 is 0. The van der Waals surface area contributed by atoms with Gasteiger partial charge in [-0.25, -0.2) is 0 Å². The lowest BCUT2D eigenvalue weighted by Crippen LogP contribution is -2.56. The second-order valence-corrected chi connectivity index (χ2v) is 6.90. The summed E-state index contributed by atoms with van der Waals surface area (Å²) in [6, 6.07) is -3.29. The van der Waals surface area contributed by atoms with E-state index in [9.17, 15) is 19.2 Å². The van der Waals surface area contributed by atoms with Crippen LogP contribution >= 0.6 is 0 Å². The van der Waals surface area contributed by atoms with Crippen molar-refractivity contribution < 1.29 is 24.3 Å². The molecule has 9 nitrogen and oxygen atoms in total. The molecule has 5 N–H and O–H groups in total. The van der Waals surface area contributed by atoms with Gasteiger partial charge in [-0.2, -0.15) is 0 Å². The molecule has 1 aliphatic heterocycles. The standard InChI is InChI=1S/C17H30N4O5/c1-5-9(2)13(18)15(23)19-10(3)16(24)21-8-6-7-12(21)14(22)20-11(4)17(25)26/h9-13H,5-8,18H2,1-4H3,(H,19,23)(H,20,22)(H,25,26). The number of nitrogens with one attached hydrogen (secondary N) is 2. The number of rotatable bonds is 8. The lowest BCUT2D eigenvalue weighted by atomic mass is 9.99. The third-order valence-corrected chi connectivity index (χ3v) is 4.86. The van der Waals surface area contributed by atoms with Crippen LogP contribution in [0, 0.1) is 5.92 Å². The van der Waals surface area contributed by atoms with Crippen LogP contribution in [-0.4, -0.2) is 64.4 Å². The van der Waals surface area contributed by atoms with Gasteiger partial charge in [-0.1, -0.05) is 20.3 Å². The van der Waals surface area contributed by atoms with Gasteiger partial charge in [0.05, 0.1) is 6.04 Å². The highest BCUT2D eigenvalue weighted by Gasteiger charge is 2.37. The number of nitrogens with two attached hydrogens (primary N) is 1. The fourth-order valence-electron chi connectivity index (χ4n) is 2.81. The van der Waals surface area contributed by atoms with Crippen LogP contribution in [0.25, 0.3) is 0 Å². The predicted molar refractivity (Wildman–Crippen MR) is 95.0 cm³/mol. The smallest absolute Gasteiger partial charge is 0.325 e. The summed E-state index contributed by atoms with van der Waals surface area (Å²) in [6.07, 6.45) is 1.84. The molecule has 1 rings (SSSR count). The number of carboxylic acids is 1. The average Bonchev–Trinajstić information content (AvgIpc) is 3.08. The number of carbonyl (C=O) groups is 4. The first kappa shape index (κ1) is 21.9. The van der Waals surface area contributed by atoms with Crippen LogP contribution in [0.4, 0.5) is 0 Å². The van der Waals surface area contributed by atoms with E-state index >= 15 is 0 Å². The number of carbonyl (C=O) groups excluding carboxylic acids is 3. The minimum atomic E-state index is -1.14. The van der Waals surface area contributed by atoms with Crippen molar-refractivity contribution in [2.75, 3.05) is 6.54 Å². The molecule has 0 spiro atoms. The summed E-state index contributed by atoms with van der Waals surface area (Å²) in [7, 11) is 0. The lowest BCUT2D eigenvalue weighted by molar-refractivity contribution is -0.144. The first-order chi connectivity index (χ1) is 12.1. The Balaban J connectivity index is 2.70. The molecule has 5 atom stereocenters. The zero-order valence-electron chi connectivity index (χ0n) is 15.8. The van der Waals surface area contributed by atoms with E-state index in [4.69, 9.17) is 10.8 Å². The van der Waals surface area contributed by atoms with Gasteiger partial charge in [-0.3, -0.25) is 19.2 Å². The largest absolute Gasteiger partial charge is 0.480 e. The van der Waals surface area contributed by atoms with Gasteiger partial charge in [-0.05, 0) is 32.6 Å². The molecule has 0 aliphatic carbocycles. The third-order valence-electron chi connectivity index (χ3n) is 4.86. The van der Waals surface area contributed by atoms with Crippen LogP contribution in [0.2, 0.25) is 0 Å². The minimum Gasteiger partial charge on any atom is -0.480 e. The van der Waals surface area contributed by atoms with E-state index in [-0.39, 0.29) is 11.8 Å². The summed E-state index contributed by atoms with van der Waals surface area (Å²) in [5.74, 6) is -2.44. The molecule has 9 heteroatoms. The molecule has 3 amide bonds. The Morgan fingerprint density at radius 3 is 2.31 bits per heavy atom. The average molecular weight is 370 g/mol. The molecule has 0 saturated carbocycles. The van der Waals surface area contributed by atoms with Gasteiger partial charge >= 0.3 is 5.97 Å². The van der Waals surface area contributed by atoms with E-state index in [1.54, 1.807) is 6.92 Å². The fraction of sp³-hybridized carbons (Fsp3) is 0.765. The van der Waals surface area contributed by atoms with E-state index < -0.39 is 42.0 Å². The number of likely N-dealkylation sites (tertiary alicyclic amines) is 1. The maximum Gasteiger partial charge on any atom is 0.325 e. The molecule has 0 radical (unpaired) electrons. The number of aliphatic carboxylic acids is 1. The molecule has 1 aliphatic rings. The fourth-order valence-corrected chi connectivity index (χ4v) is 2.81. The normalized spacial score (nSPS) is 21.4. The van der Waals surface area contributed by atoms with E-state index in [2.05, 4.69) is 10.6 Å². The Morgan fingerprint density at radius 1 is 1.15 bits per heavy atom. The Hall–Kier alpha value is -2.16. The molecule has 0 aromatic carbocycles. The van der Waals surface area contributed by atoms with Crippen LogP contribution in [0.15, 0.2) is 0 Å². The van der Waals surface area contributed by atoms with Crippen LogP contribution in [0.3, 0.4) is 0 Å². The number of hydrogen-bond donors (Lipinski definition) is 4. The summed E-state index contributed by atoms with van der Waals surface area (Å²) in [5, 5.41) is 13.9. The highest BCUT2D eigenvalue weighted by Crippen LogP contribution is 2.19. The molecule has 1 saturated heterocycles. The second kappa shape index (κ2) is 9.51. The van der Waals surface area contributed by atoms with Crippen molar-refractivity contribution in [2.45, 2.75) is 71.1 Å². The number of amides is 3. The van der Waals surface area contributed by atoms with Gasteiger partial charge in [0, 0.05) is 6.54 Å². The molecular weight excluding hydrogens is 340 g/mol. The molecule has 0 bridgehead atoms. The second-order valence-electron chi connectivity index (χ2n) is 6.90. The van der Waals surface area contributed by atoms with Gasteiger partial charge in [0.15, 0.2) is 0 Å². The zero-order valence-corrected chi connectivity index (χ0v) is 15.8. The summed E-state index contributed by atoms with van der Waals surface area (Å²) in [5.41, 5.74) is 5.88. The monoisotopic (exact) mass is 370 g/mol. The first-order valence-corrected chi connectivity index (χ1v) is 8.99. The zero-order chi connectivity index (χ0) is 20.0. The van der Waals surface area contributed by atoms with Gasteiger partial charge < -0.3 is 26.4 Å². The maximum absolute atomic E-state index is 12.7. The molecule has 1 fully saturated rings. The van der Waals surface area contributed by atoms with Crippen LogP contribution < -0.4 is 16.4 Å². The molecule has 26 heavy (non-hydrogen) atoms. The van der Waals surface area contributed by atoms with E-state index in [0.717, 1.165) is 6.42 Å². The molecule has 5 unspecified atom stereocenters.